The molecule has 1 aliphatic carbocycles. The summed E-state index contributed by atoms with van der Waals surface area (Å²) in [6.45, 7) is 0. The van der Waals surface area contributed by atoms with Crippen molar-refractivity contribution in [3.63, 3.8) is 0 Å². The van der Waals surface area contributed by atoms with E-state index in [0.717, 1.165) is 17.7 Å². The third-order valence-corrected chi connectivity index (χ3v) is 3.37. The number of fused-ring (bicyclic) bond motifs is 1. The summed E-state index contributed by atoms with van der Waals surface area (Å²) >= 11 is 0. The number of nitrogens with zero attached hydrogens (tertiary/aromatic N) is 1. The maximum atomic E-state index is 10.6. The van der Waals surface area contributed by atoms with Crippen LogP contribution < -0.4 is 0 Å². The van der Waals surface area contributed by atoms with Crippen LogP contribution in [0.3, 0.4) is 0 Å². The van der Waals surface area contributed by atoms with Crippen molar-refractivity contribution in [3.8, 4) is 11.3 Å². The van der Waals surface area contributed by atoms with E-state index in [1.54, 1.807) is 0 Å². The Morgan fingerprint density at radius 1 is 1.28 bits per heavy atom. The number of aromatic amines is 1. The first kappa shape index (κ1) is 11.0. The van der Waals surface area contributed by atoms with Crippen LogP contribution in [0.25, 0.3) is 11.3 Å². The van der Waals surface area contributed by atoms with Crippen LogP contribution in [-0.2, 0) is 24.1 Å². The molecule has 3 rings (SSSR count). The lowest BCUT2D eigenvalue weighted by atomic mass is 10.0. The second kappa shape index (κ2) is 4.29. The molecule has 1 heterocycles. The lowest BCUT2D eigenvalue weighted by Crippen LogP contribution is -1.99. The molecule has 18 heavy (non-hydrogen) atoms. The van der Waals surface area contributed by atoms with Gasteiger partial charge in [-0.1, -0.05) is 12.1 Å². The molecule has 0 fully saturated rings. The van der Waals surface area contributed by atoms with E-state index < -0.39 is 5.97 Å². The highest BCUT2D eigenvalue weighted by molar-refractivity contribution is 5.70. The number of rotatable bonds is 3. The molecular weight excluding hydrogens is 228 g/mol. The number of carboxylic acid groups (broad SMARTS) is 1. The van der Waals surface area contributed by atoms with Gasteiger partial charge in [0.2, 0.25) is 0 Å². The Morgan fingerprint density at radius 3 is 2.94 bits per heavy atom. The smallest absolute Gasteiger partial charge is 0.309 e. The quantitative estimate of drug-likeness (QED) is 0.867. The molecule has 2 aromatic rings. The van der Waals surface area contributed by atoms with Gasteiger partial charge >= 0.3 is 5.97 Å². The van der Waals surface area contributed by atoms with Crippen LogP contribution in [0.2, 0.25) is 0 Å². The van der Waals surface area contributed by atoms with Crippen molar-refractivity contribution in [2.24, 2.45) is 0 Å². The van der Waals surface area contributed by atoms with E-state index in [2.05, 4.69) is 28.4 Å². The van der Waals surface area contributed by atoms with Gasteiger partial charge in [0, 0.05) is 11.3 Å². The maximum Gasteiger partial charge on any atom is 0.309 e. The molecule has 0 atom stereocenters. The van der Waals surface area contributed by atoms with Crippen LogP contribution in [0.15, 0.2) is 24.3 Å². The van der Waals surface area contributed by atoms with E-state index in [1.165, 1.54) is 24.0 Å². The topological polar surface area (TPSA) is 66.0 Å². The van der Waals surface area contributed by atoms with Crippen molar-refractivity contribution < 1.29 is 9.90 Å². The second-order valence-electron chi connectivity index (χ2n) is 4.69. The van der Waals surface area contributed by atoms with Gasteiger partial charge in [0.05, 0.1) is 12.1 Å². The molecule has 0 spiro atoms. The average Bonchev–Trinajstić information content (AvgIpc) is 2.95. The molecule has 1 aromatic carbocycles. The standard InChI is InChI=1S/C14H14N2O2/c17-14(18)8-12-7-13(16-15-12)11-5-4-9-2-1-3-10(9)6-11/h4-7H,1-3,8H2,(H,15,16)(H,17,18). The predicted octanol–water partition coefficient (Wildman–Crippen LogP) is 2.19. The molecule has 0 aliphatic heterocycles. The molecule has 0 saturated heterocycles. The number of aromatic nitrogens is 2. The van der Waals surface area contributed by atoms with E-state index in [0.29, 0.717) is 5.69 Å². The van der Waals surface area contributed by atoms with Crippen molar-refractivity contribution in [3.05, 3.63) is 41.1 Å². The normalized spacial score (nSPS) is 13.6. The number of aliphatic carboxylic acids is 1. The summed E-state index contributed by atoms with van der Waals surface area (Å²) in [5, 5.41) is 15.7. The van der Waals surface area contributed by atoms with Crippen molar-refractivity contribution in [1.82, 2.24) is 10.2 Å². The number of hydrogen-bond acceptors (Lipinski definition) is 2. The summed E-state index contributed by atoms with van der Waals surface area (Å²) in [5.74, 6) is -0.848. The van der Waals surface area contributed by atoms with Gasteiger partial charge in [-0.3, -0.25) is 9.89 Å². The van der Waals surface area contributed by atoms with Gasteiger partial charge in [0.1, 0.15) is 0 Å². The highest BCUT2D eigenvalue weighted by atomic mass is 16.4. The van der Waals surface area contributed by atoms with Crippen molar-refractivity contribution in [2.45, 2.75) is 25.7 Å². The Bertz CT molecular complexity index is 602. The van der Waals surface area contributed by atoms with Crippen molar-refractivity contribution >= 4 is 5.97 Å². The Balaban J connectivity index is 1.90. The van der Waals surface area contributed by atoms with Gasteiger partial charge in [0.25, 0.3) is 0 Å². The van der Waals surface area contributed by atoms with E-state index in [4.69, 9.17) is 5.11 Å². The minimum absolute atomic E-state index is 0.0159. The number of carbonyl (C=O) groups is 1. The van der Waals surface area contributed by atoms with Gasteiger partial charge < -0.3 is 5.11 Å². The lowest BCUT2D eigenvalue weighted by molar-refractivity contribution is -0.136. The summed E-state index contributed by atoms with van der Waals surface area (Å²) in [5.41, 5.74) is 5.35. The zero-order chi connectivity index (χ0) is 12.5. The van der Waals surface area contributed by atoms with Crippen LogP contribution in [0.1, 0.15) is 23.2 Å². The van der Waals surface area contributed by atoms with Gasteiger partial charge in [-0.25, -0.2) is 0 Å². The van der Waals surface area contributed by atoms with Crippen molar-refractivity contribution in [1.29, 1.82) is 0 Å². The third kappa shape index (κ3) is 2.01. The predicted molar refractivity (Wildman–Crippen MR) is 67.4 cm³/mol. The molecule has 0 bridgehead atoms. The number of aryl methyl sites for hydroxylation is 2. The van der Waals surface area contributed by atoms with E-state index >= 15 is 0 Å². The van der Waals surface area contributed by atoms with Crippen molar-refractivity contribution in [2.75, 3.05) is 0 Å². The molecule has 0 saturated carbocycles. The summed E-state index contributed by atoms with van der Waals surface area (Å²) in [7, 11) is 0. The van der Waals surface area contributed by atoms with Crippen LogP contribution in [0.4, 0.5) is 0 Å². The van der Waals surface area contributed by atoms with E-state index in [1.807, 2.05) is 6.07 Å². The minimum atomic E-state index is -0.848. The average molecular weight is 242 g/mol. The Kier molecular flexibility index (Phi) is 2.63. The monoisotopic (exact) mass is 242 g/mol. The van der Waals surface area contributed by atoms with Gasteiger partial charge in [0.15, 0.2) is 0 Å². The molecule has 92 valence electrons. The summed E-state index contributed by atoms with van der Waals surface area (Å²) in [4.78, 5) is 10.6. The number of benzene rings is 1. The fourth-order valence-corrected chi connectivity index (χ4v) is 2.49. The Hall–Kier alpha value is -2.10. The molecule has 1 aliphatic rings. The zero-order valence-corrected chi connectivity index (χ0v) is 9.94. The fourth-order valence-electron chi connectivity index (χ4n) is 2.49. The number of carboxylic acids is 1. The first-order chi connectivity index (χ1) is 8.72. The largest absolute Gasteiger partial charge is 0.481 e. The molecule has 1 aromatic heterocycles. The van der Waals surface area contributed by atoms with Crippen LogP contribution in [-0.4, -0.2) is 21.3 Å². The van der Waals surface area contributed by atoms with Gasteiger partial charge in [-0.15, -0.1) is 0 Å². The molecule has 2 N–H and O–H groups in total. The first-order valence-corrected chi connectivity index (χ1v) is 6.10. The third-order valence-electron chi connectivity index (χ3n) is 3.37. The van der Waals surface area contributed by atoms with E-state index in [-0.39, 0.29) is 6.42 Å². The number of nitrogens with one attached hydrogen (secondary N) is 1. The fraction of sp³-hybridized carbons (Fsp3) is 0.286. The molecule has 0 amide bonds. The number of hydrogen-bond donors (Lipinski definition) is 2. The maximum absolute atomic E-state index is 10.6. The molecule has 0 unspecified atom stereocenters. The second-order valence-corrected chi connectivity index (χ2v) is 4.69. The minimum Gasteiger partial charge on any atom is -0.481 e. The Morgan fingerprint density at radius 2 is 2.11 bits per heavy atom. The molecular formula is C14H14N2O2. The first-order valence-electron chi connectivity index (χ1n) is 6.10. The van der Waals surface area contributed by atoms with Crippen LogP contribution in [0, 0.1) is 0 Å². The van der Waals surface area contributed by atoms with Gasteiger partial charge in [-0.05, 0) is 42.5 Å². The highest BCUT2D eigenvalue weighted by Crippen LogP contribution is 2.27. The molecule has 4 nitrogen and oxygen atoms in total. The van der Waals surface area contributed by atoms with Crippen LogP contribution >= 0.6 is 0 Å². The molecule has 0 radical (unpaired) electrons. The highest BCUT2D eigenvalue weighted by Gasteiger charge is 2.13. The SMILES string of the molecule is O=C(O)Cc1cc(-c2ccc3c(c2)CCC3)n[nH]1. The lowest BCUT2D eigenvalue weighted by Gasteiger charge is -2.01. The number of H-pyrrole nitrogens is 1. The van der Waals surface area contributed by atoms with Crippen LogP contribution in [0.5, 0.6) is 0 Å². The van der Waals surface area contributed by atoms with E-state index in [9.17, 15) is 4.79 Å². The summed E-state index contributed by atoms with van der Waals surface area (Å²) < 4.78 is 0. The Labute approximate surface area is 105 Å². The summed E-state index contributed by atoms with van der Waals surface area (Å²) in [6, 6.07) is 8.20. The molecule has 4 heteroatoms. The zero-order valence-electron chi connectivity index (χ0n) is 9.94. The summed E-state index contributed by atoms with van der Waals surface area (Å²) in [6.07, 6.45) is 3.51. The van der Waals surface area contributed by atoms with Gasteiger partial charge in [-0.2, -0.15) is 5.10 Å².